The van der Waals surface area contributed by atoms with Crippen LogP contribution in [0.1, 0.15) is 64.4 Å². The lowest BCUT2D eigenvalue weighted by molar-refractivity contribution is 0.0526. The minimum Gasteiger partial charge on any atom is -0.543 e. The van der Waals surface area contributed by atoms with Gasteiger partial charge in [0.2, 0.25) is 5.95 Å². The highest BCUT2D eigenvalue weighted by molar-refractivity contribution is 6.78. The number of aromatic amines is 1. The number of benzene rings is 1. The number of rotatable bonds is 10. The standard InChI is InChI=1S/C27H36N6O4Si/c1-8-36-26(35)21-13-29-33(15-21)27-30-24-23(25(34)31-27)28-16-32(24)14-20-10-9-11-22(12-20)37-38(17(2)3,18(4)5)19(6)7/h9-13,15-19H,8,14H2,1-7H3,(H,30,31,34). The summed E-state index contributed by atoms with van der Waals surface area (Å²) in [6.07, 6.45) is 4.45. The monoisotopic (exact) mass is 536 g/mol. The molecule has 202 valence electrons. The topological polar surface area (TPSA) is 117 Å². The summed E-state index contributed by atoms with van der Waals surface area (Å²) in [5, 5.41) is 4.16. The molecule has 0 bridgehead atoms. The summed E-state index contributed by atoms with van der Waals surface area (Å²) in [5.74, 6) is 0.552. The van der Waals surface area contributed by atoms with E-state index in [1.807, 2.05) is 22.8 Å². The molecule has 10 nitrogen and oxygen atoms in total. The third-order valence-corrected chi connectivity index (χ3v) is 13.0. The summed E-state index contributed by atoms with van der Waals surface area (Å²) in [6.45, 7) is 16.0. The second-order valence-corrected chi connectivity index (χ2v) is 15.8. The van der Waals surface area contributed by atoms with Gasteiger partial charge in [0.05, 0.1) is 31.2 Å². The molecule has 0 aliphatic rings. The van der Waals surface area contributed by atoms with Crippen LogP contribution in [0.5, 0.6) is 5.75 Å². The van der Waals surface area contributed by atoms with Gasteiger partial charge in [-0.05, 0) is 41.2 Å². The van der Waals surface area contributed by atoms with Crippen molar-refractivity contribution in [1.29, 1.82) is 0 Å². The van der Waals surface area contributed by atoms with Gasteiger partial charge in [-0.2, -0.15) is 10.1 Å². The van der Waals surface area contributed by atoms with Crippen molar-refractivity contribution in [2.24, 2.45) is 0 Å². The SMILES string of the molecule is CCOC(=O)c1cnn(-c2nc3c(ncn3Cc3cccc(O[Si](C(C)C)(C(C)C)C(C)C)c3)c(=O)[nH]2)c1. The molecule has 0 aliphatic heterocycles. The number of ether oxygens (including phenoxy) is 1. The maximum Gasteiger partial charge on any atom is 0.341 e. The van der Waals surface area contributed by atoms with Crippen molar-refractivity contribution < 1.29 is 14.0 Å². The molecule has 11 heteroatoms. The first-order chi connectivity index (χ1) is 18.1. The Kier molecular flexibility index (Phi) is 7.86. The smallest absolute Gasteiger partial charge is 0.341 e. The lowest BCUT2D eigenvalue weighted by Crippen LogP contribution is -2.50. The molecular formula is C27H36N6O4Si. The van der Waals surface area contributed by atoms with E-state index in [2.05, 4.69) is 67.7 Å². The second kappa shape index (κ2) is 10.9. The van der Waals surface area contributed by atoms with Crippen molar-refractivity contribution in [3.8, 4) is 11.7 Å². The number of hydrogen-bond donors (Lipinski definition) is 1. The van der Waals surface area contributed by atoms with Gasteiger partial charge >= 0.3 is 5.97 Å². The summed E-state index contributed by atoms with van der Waals surface area (Å²) >= 11 is 0. The van der Waals surface area contributed by atoms with Crippen LogP contribution in [-0.4, -0.2) is 50.2 Å². The van der Waals surface area contributed by atoms with Gasteiger partial charge in [-0.15, -0.1) is 0 Å². The van der Waals surface area contributed by atoms with Gasteiger partial charge in [-0.25, -0.2) is 14.5 Å². The van der Waals surface area contributed by atoms with Crippen LogP contribution in [0.4, 0.5) is 0 Å². The summed E-state index contributed by atoms with van der Waals surface area (Å²) in [7, 11) is -2.10. The van der Waals surface area contributed by atoms with E-state index in [1.165, 1.54) is 17.1 Å². The predicted octanol–water partition coefficient (Wildman–Crippen LogP) is 5.08. The van der Waals surface area contributed by atoms with E-state index in [9.17, 15) is 9.59 Å². The number of aromatic nitrogens is 6. The van der Waals surface area contributed by atoms with Crippen LogP contribution in [0, 0.1) is 0 Å². The van der Waals surface area contributed by atoms with Crippen LogP contribution >= 0.6 is 0 Å². The molecule has 0 spiro atoms. The van der Waals surface area contributed by atoms with Gasteiger partial charge in [-0.1, -0.05) is 53.7 Å². The average molecular weight is 537 g/mol. The van der Waals surface area contributed by atoms with E-state index in [0.717, 1.165) is 11.3 Å². The quantitative estimate of drug-likeness (QED) is 0.222. The Morgan fingerprint density at radius 2 is 1.82 bits per heavy atom. The minimum atomic E-state index is -2.10. The molecular weight excluding hydrogens is 500 g/mol. The predicted molar refractivity (Wildman–Crippen MR) is 148 cm³/mol. The zero-order valence-corrected chi connectivity index (χ0v) is 24.1. The van der Waals surface area contributed by atoms with Crippen molar-refractivity contribution in [2.45, 2.75) is 71.6 Å². The molecule has 1 N–H and O–H groups in total. The largest absolute Gasteiger partial charge is 0.543 e. The first kappa shape index (κ1) is 27.3. The van der Waals surface area contributed by atoms with Gasteiger partial charge < -0.3 is 13.7 Å². The summed E-state index contributed by atoms with van der Waals surface area (Å²) < 4.78 is 15.0. The number of nitrogens with zero attached hydrogens (tertiary/aromatic N) is 5. The zero-order valence-electron chi connectivity index (χ0n) is 23.1. The number of carbonyl (C=O) groups excluding carboxylic acids is 1. The number of esters is 1. The molecule has 38 heavy (non-hydrogen) atoms. The molecule has 0 fully saturated rings. The molecule has 0 radical (unpaired) electrons. The average Bonchev–Trinajstić information content (AvgIpc) is 3.50. The molecule has 4 aromatic rings. The van der Waals surface area contributed by atoms with Gasteiger partial charge in [0.15, 0.2) is 11.2 Å². The lowest BCUT2D eigenvalue weighted by atomic mass is 10.2. The maximum absolute atomic E-state index is 12.8. The van der Waals surface area contributed by atoms with Crippen molar-refractivity contribution >= 4 is 25.5 Å². The molecule has 0 amide bonds. The van der Waals surface area contributed by atoms with Crippen molar-refractivity contribution in [3.63, 3.8) is 0 Å². The van der Waals surface area contributed by atoms with Gasteiger partial charge in [0.1, 0.15) is 5.75 Å². The number of hydrogen-bond acceptors (Lipinski definition) is 7. The second-order valence-electron chi connectivity index (χ2n) is 10.4. The minimum absolute atomic E-state index is 0.179. The first-order valence-corrected chi connectivity index (χ1v) is 15.2. The Morgan fingerprint density at radius 1 is 1.11 bits per heavy atom. The van der Waals surface area contributed by atoms with Crippen molar-refractivity contribution in [2.75, 3.05) is 6.61 Å². The summed E-state index contributed by atoms with van der Waals surface area (Å²) in [6, 6.07) is 8.10. The number of H-pyrrole nitrogens is 1. The zero-order chi connectivity index (χ0) is 27.6. The summed E-state index contributed by atoms with van der Waals surface area (Å²) in [5.41, 5.74) is 2.91. The first-order valence-electron chi connectivity index (χ1n) is 13.0. The highest BCUT2D eigenvalue weighted by atomic mass is 28.4. The lowest BCUT2D eigenvalue weighted by Gasteiger charge is -2.42. The van der Waals surface area contributed by atoms with E-state index < -0.39 is 19.8 Å². The van der Waals surface area contributed by atoms with Crippen LogP contribution in [0.3, 0.4) is 0 Å². The third-order valence-electron chi connectivity index (χ3n) is 7.03. The number of carbonyl (C=O) groups is 1. The molecule has 0 saturated heterocycles. The highest BCUT2D eigenvalue weighted by Crippen LogP contribution is 2.42. The Labute approximate surface area is 223 Å². The molecule has 3 aromatic heterocycles. The Morgan fingerprint density at radius 3 is 2.47 bits per heavy atom. The van der Waals surface area contributed by atoms with E-state index in [-0.39, 0.29) is 23.6 Å². The molecule has 0 saturated carbocycles. The van der Waals surface area contributed by atoms with Crippen molar-refractivity contribution in [3.05, 3.63) is 64.5 Å². The molecule has 3 heterocycles. The van der Waals surface area contributed by atoms with Crippen LogP contribution in [0.2, 0.25) is 16.6 Å². The molecule has 0 atom stereocenters. The third kappa shape index (κ3) is 5.15. The van der Waals surface area contributed by atoms with Crippen LogP contribution in [0.25, 0.3) is 17.1 Å². The molecule has 0 aliphatic carbocycles. The van der Waals surface area contributed by atoms with E-state index in [4.69, 9.17) is 9.16 Å². The fourth-order valence-electron chi connectivity index (χ4n) is 5.39. The number of imidazole rings is 1. The molecule has 1 aromatic carbocycles. The van der Waals surface area contributed by atoms with Gasteiger partial charge in [0, 0.05) is 6.20 Å². The van der Waals surface area contributed by atoms with E-state index >= 15 is 0 Å². The normalized spacial score (nSPS) is 12.2. The molecule has 4 rings (SSSR count). The van der Waals surface area contributed by atoms with Crippen LogP contribution in [0.15, 0.2) is 47.8 Å². The van der Waals surface area contributed by atoms with Gasteiger partial charge in [-0.3, -0.25) is 9.78 Å². The Balaban J connectivity index is 1.65. The Bertz CT molecular complexity index is 1460. The fraction of sp³-hybridized carbons (Fsp3) is 0.444. The number of fused-ring (bicyclic) bond motifs is 1. The van der Waals surface area contributed by atoms with Crippen LogP contribution in [-0.2, 0) is 11.3 Å². The van der Waals surface area contributed by atoms with E-state index in [1.54, 1.807) is 13.3 Å². The van der Waals surface area contributed by atoms with Crippen molar-refractivity contribution in [1.82, 2.24) is 29.3 Å². The summed E-state index contributed by atoms with van der Waals surface area (Å²) in [4.78, 5) is 36.4. The highest BCUT2D eigenvalue weighted by Gasteiger charge is 2.47. The fourth-order valence-corrected chi connectivity index (χ4v) is 10.6. The van der Waals surface area contributed by atoms with Crippen LogP contribution < -0.4 is 9.99 Å². The maximum atomic E-state index is 12.8. The Hall–Kier alpha value is -3.73. The number of nitrogens with one attached hydrogen (secondary N) is 1. The van der Waals surface area contributed by atoms with Gasteiger partial charge in [0.25, 0.3) is 13.9 Å². The molecule has 0 unspecified atom stereocenters. The van der Waals surface area contributed by atoms with E-state index in [0.29, 0.717) is 28.8 Å².